The molecule has 0 aromatic heterocycles. The zero-order valence-corrected chi connectivity index (χ0v) is 29.6. The number of carbonyl (C=O) groups is 6. The molecule has 0 aliphatic rings. The Labute approximate surface area is 295 Å². The van der Waals surface area contributed by atoms with Gasteiger partial charge in [-0.25, -0.2) is 9.59 Å². The quantitative estimate of drug-likeness (QED) is 0.0681. The molecule has 0 bridgehead atoms. The largest absolute Gasteiger partial charge is 0.514 e. The molecule has 0 spiro atoms. The van der Waals surface area contributed by atoms with E-state index in [0.29, 0.717) is 16.8 Å². The van der Waals surface area contributed by atoms with Gasteiger partial charge in [0.2, 0.25) is 17.7 Å². The third-order valence-corrected chi connectivity index (χ3v) is 6.58. The maximum Gasteiger partial charge on any atom is 0.514 e. The van der Waals surface area contributed by atoms with E-state index in [2.05, 4.69) is 21.3 Å². The van der Waals surface area contributed by atoms with Crippen LogP contribution in [0.2, 0.25) is 0 Å². The average molecular weight is 713 g/mol. The second-order valence-electron chi connectivity index (χ2n) is 12.6. The number of non-ortho nitro benzene ring substituents is 1. The van der Waals surface area contributed by atoms with Gasteiger partial charge in [-0.1, -0.05) is 12.1 Å². The molecule has 17 heteroatoms. The first-order chi connectivity index (χ1) is 23.8. The first kappa shape index (κ1) is 41.2. The second-order valence-corrected chi connectivity index (χ2v) is 12.6. The highest BCUT2D eigenvalue weighted by molar-refractivity contribution is 6.03. The van der Waals surface area contributed by atoms with Gasteiger partial charge in [-0.15, -0.1) is 0 Å². The molecule has 0 aliphatic heterocycles. The standard InChI is InChI=1S/C34H44N6O11/c1-21(2)29(38-27(41)9-8-10-28(42)39(6)7)31(44)37-26(19-35-32(45)51-34(3,4)5)30(43)36-23-13-11-22(12-14-23)20-49-33(46)50-25-17-15-24(16-18-25)40(47)48/h11-18,26H,8-10,19-20H2,1-7H3,(H,35,45)(H,36,43)(H,37,44)(H,38,41)/t26-/m0/s1. The minimum Gasteiger partial charge on any atom is -0.444 e. The molecule has 17 nitrogen and oxygen atoms in total. The van der Waals surface area contributed by atoms with E-state index in [1.807, 2.05) is 0 Å². The molecule has 276 valence electrons. The predicted molar refractivity (Wildman–Crippen MR) is 184 cm³/mol. The number of allylic oxidation sites excluding steroid dienone is 1. The molecule has 4 N–H and O–H groups in total. The molecular weight excluding hydrogens is 668 g/mol. The highest BCUT2D eigenvalue weighted by Gasteiger charge is 2.26. The Morgan fingerprint density at radius 3 is 2.10 bits per heavy atom. The summed E-state index contributed by atoms with van der Waals surface area (Å²) in [6, 6.07) is 9.69. The Morgan fingerprint density at radius 2 is 1.55 bits per heavy atom. The van der Waals surface area contributed by atoms with Crippen molar-refractivity contribution in [3.8, 4) is 5.75 Å². The van der Waals surface area contributed by atoms with Crippen LogP contribution in [0.4, 0.5) is 21.0 Å². The monoisotopic (exact) mass is 712 g/mol. The van der Waals surface area contributed by atoms with Crippen molar-refractivity contribution in [1.29, 1.82) is 0 Å². The molecule has 0 unspecified atom stereocenters. The number of anilines is 1. The number of hydrogen-bond donors (Lipinski definition) is 4. The van der Waals surface area contributed by atoms with Gasteiger partial charge in [0.1, 0.15) is 29.7 Å². The van der Waals surface area contributed by atoms with Crippen LogP contribution < -0.4 is 26.0 Å². The first-order valence-electron chi connectivity index (χ1n) is 15.8. The Hall–Kier alpha value is -6.00. The third-order valence-electron chi connectivity index (χ3n) is 6.58. The first-order valence-corrected chi connectivity index (χ1v) is 15.8. The molecule has 2 rings (SSSR count). The highest BCUT2D eigenvalue weighted by atomic mass is 16.7. The number of rotatable bonds is 15. The number of nitrogens with zero attached hydrogens (tertiary/aromatic N) is 2. The van der Waals surface area contributed by atoms with Crippen molar-refractivity contribution in [3.05, 3.63) is 75.5 Å². The number of carbonyl (C=O) groups excluding carboxylic acids is 6. The number of nitro benzene ring substituents is 1. The van der Waals surface area contributed by atoms with Crippen molar-refractivity contribution in [1.82, 2.24) is 20.9 Å². The topological polar surface area (TPSA) is 225 Å². The molecule has 5 amide bonds. The van der Waals surface area contributed by atoms with E-state index in [0.717, 1.165) is 0 Å². The summed E-state index contributed by atoms with van der Waals surface area (Å²) in [5.41, 5.74) is 0.190. The highest BCUT2D eigenvalue weighted by Crippen LogP contribution is 2.18. The van der Waals surface area contributed by atoms with Crippen LogP contribution in [0, 0.1) is 10.1 Å². The zero-order valence-electron chi connectivity index (χ0n) is 29.6. The van der Waals surface area contributed by atoms with E-state index in [4.69, 9.17) is 14.2 Å². The van der Waals surface area contributed by atoms with Gasteiger partial charge < -0.3 is 40.4 Å². The van der Waals surface area contributed by atoms with Gasteiger partial charge in [0.15, 0.2) is 0 Å². The van der Waals surface area contributed by atoms with Crippen molar-refractivity contribution in [3.63, 3.8) is 0 Å². The number of ether oxygens (including phenoxy) is 3. The SMILES string of the molecule is CC(C)=C(NC(=O)CCCC(=O)N(C)C)C(=O)N[C@@H](CNC(=O)OC(C)(C)C)C(=O)Nc1ccc(COC(=O)Oc2ccc([N+](=O)[O-])cc2)cc1. The summed E-state index contributed by atoms with van der Waals surface area (Å²) in [7, 11) is 3.22. The average Bonchev–Trinajstić information content (AvgIpc) is 3.04. The predicted octanol–water partition coefficient (Wildman–Crippen LogP) is 3.93. The lowest BCUT2D eigenvalue weighted by molar-refractivity contribution is -0.384. The minimum absolute atomic E-state index is 0.0181. The summed E-state index contributed by atoms with van der Waals surface area (Å²) in [6.07, 6.45) is -1.46. The summed E-state index contributed by atoms with van der Waals surface area (Å²) < 4.78 is 15.3. The molecule has 0 saturated heterocycles. The lowest BCUT2D eigenvalue weighted by atomic mass is 10.1. The van der Waals surface area contributed by atoms with E-state index in [1.165, 1.54) is 41.3 Å². The molecule has 1 atom stereocenters. The summed E-state index contributed by atoms with van der Waals surface area (Å²) in [5.74, 6) is -2.08. The van der Waals surface area contributed by atoms with Crippen molar-refractivity contribution in [2.75, 3.05) is 26.0 Å². The third kappa shape index (κ3) is 15.4. The van der Waals surface area contributed by atoms with Crippen LogP contribution >= 0.6 is 0 Å². The molecule has 51 heavy (non-hydrogen) atoms. The van der Waals surface area contributed by atoms with Crippen LogP contribution in [0.1, 0.15) is 59.4 Å². The summed E-state index contributed by atoms with van der Waals surface area (Å²) in [6.45, 7) is 7.62. The van der Waals surface area contributed by atoms with Crippen LogP contribution in [0.5, 0.6) is 5.75 Å². The van der Waals surface area contributed by atoms with Gasteiger partial charge in [-0.05, 0) is 76.4 Å². The fourth-order valence-electron chi connectivity index (χ4n) is 3.99. The Kier molecular flexibility index (Phi) is 15.5. The normalized spacial score (nSPS) is 11.2. The Bertz CT molecular complexity index is 1610. The van der Waals surface area contributed by atoms with Gasteiger partial charge in [-0.3, -0.25) is 29.3 Å². The maximum atomic E-state index is 13.4. The number of hydrogen-bond acceptors (Lipinski definition) is 11. The number of amides is 5. The summed E-state index contributed by atoms with van der Waals surface area (Å²) in [5, 5.41) is 21.0. The van der Waals surface area contributed by atoms with E-state index in [9.17, 15) is 38.9 Å². The van der Waals surface area contributed by atoms with Crippen molar-refractivity contribution < 1.29 is 47.9 Å². The van der Waals surface area contributed by atoms with Crippen LogP contribution in [-0.2, 0) is 35.3 Å². The maximum absolute atomic E-state index is 13.4. The second kappa shape index (κ2) is 19.3. The van der Waals surface area contributed by atoms with Crippen molar-refractivity contribution >= 4 is 47.3 Å². The molecule has 0 saturated carbocycles. The van der Waals surface area contributed by atoms with Crippen LogP contribution in [0.15, 0.2) is 59.8 Å². The van der Waals surface area contributed by atoms with E-state index in [-0.39, 0.29) is 55.5 Å². The minimum atomic E-state index is -1.33. The molecule has 2 aromatic carbocycles. The van der Waals surface area contributed by atoms with Crippen LogP contribution in [0.25, 0.3) is 0 Å². The van der Waals surface area contributed by atoms with Crippen LogP contribution in [0.3, 0.4) is 0 Å². The number of benzene rings is 2. The zero-order chi connectivity index (χ0) is 38.3. The Balaban J connectivity index is 2.07. The number of nitrogens with one attached hydrogen (secondary N) is 4. The van der Waals surface area contributed by atoms with Gasteiger partial charge in [0.05, 0.1) is 11.5 Å². The van der Waals surface area contributed by atoms with Crippen molar-refractivity contribution in [2.24, 2.45) is 0 Å². The van der Waals surface area contributed by atoms with E-state index < -0.39 is 46.5 Å². The van der Waals surface area contributed by atoms with Gasteiger partial charge in [0.25, 0.3) is 11.6 Å². The lowest BCUT2D eigenvalue weighted by Gasteiger charge is -2.23. The Morgan fingerprint density at radius 1 is 0.922 bits per heavy atom. The van der Waals surface area contributed by atoms with E-state index in [1.54, 1.807) is 60.8 Å². The summed E-state index contributed by atoms with van der Waals surface area (Å²) in [4.78, 5) is 87.1. The summed E-state index contributed by atoms with van der Waals surface area (Å²) >= 11 is 0. The molecule has 0 heterocycles. The van der Waals surface area contributed by atoms with Gasteiger partial charge >= 0.3 is 12.2 Å². The number of nitro groups is 1. The molecular formula is C34H44N6O11. The van der Waals surface area contributed by atoms with Crippen LogP contribution in [-0.4, -0.2) is 78.0 Å². The molecule has 0 fully saturated rings. The van der Waals surface area contributed by atoms with Crippen molar-refractivity contribution in [2.45, 2.75) is 72.1 Å². The smallest absolute Gasteiger partial charge is 0.444 e. The van der Waals surface area contributed by atoms with Gasteiger partial charge in [0, 0.05) is 44.8 Å². The number of alkyl carbamates (subject to hydrolysis) is 1. The molecule has 0 radical (unpaired) electrons. The lowest BCUT2D eigenvalue weighted by Crippen LogP contribution is -2.52. The molecule has 0 aliphatic carbocycles. The fourth-order valence-corrected chi connectivity index (χ4v) is 3.99. The van der Waals surface area contributed by atoms with E-state index >= 15 is 0 Å². The molecule has 2 aromatic rings. The van der Waals surface area contributed by atoms with Gasteiger partial charge in [-0.2, -0.15) is 0 Å². The fraction of sp³-hybridized carbons (Fsp3) is 0.412.